The summed E-state index contributed by atoms with van der Waals surface area (Å²) in [6.07, 6.45) is 0. The van der Waals surface area contributed by atoms with Crippen LogP contribution in [0.15, 0.2) is 29.3 Å². The van der Waals surface area contributed by atoms with E-state index in [1.54, 1.807) is 24.1 Å². The molecule has 9 heteroatoms. The number of aliphatic imine (C=N–C) groups is 1. The third-order valence-electron chi connectivity index (χ3n) is 3.20. The molecule has 0 radical (unpaired) electrons. The van der Waals surface area contributed by atoms with Crippen LogP contribution in [0.3, 0.4) is 0 Å². The third-order valence-corrected chi connectivity index (χ3v) is 5.73. The van der Waals surface area contributed by atoms with E-state index in [0.717, 1.165) is 29.2 Å². The van der Waals surface area contributed by atoms with Crippen molar-refractivity contribution in [3.05, 3.63) is 24.3 Å². The van der Waals surface area contributed by atoms with Crippen LogP contribution in [-0.2, 0) is 9.59 Å². The fourth-order valence-electron chi connectivity index (χ4n) is 2.05. The number of amidine groups is 1. The summed E-state index contributed by atoms with van der Waals surface area (Å²) in [5.74, 6) is -0.734. The zero-order chi connectivity index (χ0) is 15.9. The van der Waals surface area contributed by atoms with E-state index < -0.39 is 27.6 Å². The predicted octanol–water partition coefficient (Wildman–Crippen LogP) is 1.18. The molecule has 3 rings (SSSR count). The van der Waals surface area contributed by atoms with Crippen LogP contribution in [-0.4, -0.2) is 44.9 Å². The molecule has 0 aromatic heterocycles. The number of benzene rings is 1. The van der Waals surface area contributed by atoms with Crippen LogP contribution >= 0.6 is 23.5 Å². The minimum Gasteiger partial charge on any atom is -0.508 e. The second-order valence-corrected chi connectivity index (χ2v) is 6.88. The van der Waals surface area contributed by atoms with Crippen molar-refractivity contribution >= 4 is 51.4 Å². The van der Waals surface area contributed by atoms with Crippen LogP contribution in [0.1, 0.15) is 0 Å². The van der Waals surface area contributed by atoms with Gasteiger partial charge in [0.1, 0.15) is 16.2 Å². The first kappa shape index (κ1) is 14.9. The van der Waals surface area contributed by atoms with E-state index in [-0.39, 0.29) is 5.75 Å². The molecule has 1 aromatic rings. The number of amides is 3. The number of anilines is 1. The SMILES string of the molecule is CN(C1=NC(=O)[C@@H]([C@H]2SC(=O)NC2=O)S1)c1ccc(O)cc1. The number of nitrogens with zero attached hydrogens (tertiary/aromatic N) is 2. The average molecular weight is 337 g/mol. The quantitative estimate of drug-likeness (QED) is 0.836. The fourth-order valence-corrected chi connectivity index (χ4v) is 4.21. The van der Waals surface area contributed by atoms with E-state index in [4.69, 9.17) is 0 Å². The van der Waals surface area contributed by atoms with Crippen LogP contribution in [0.25, 0.3) is 0 Å². The van der Waals surface area contributed by atoms with Gasteiger partial charge in [-0.1, -0.05) is 11.8 Å². The summed E-state index contributed by atoms with van der Waals surface area (Å²) in [6.45, 7) is 0. The van der Waals surface area contributed by atoms with Crippen molar-refractivity contribution in [1.82, 2.24) is 5.32 Å². The number of hydrogen-bond donors (Lipinski definition) is 2. The van der Waals surface area contributed by atoms with E-state index in [9.17, 15) is 19.5 Å². The molecule has 0 spiro atoms. The largest absolute Gasteiger partial charge is 0.508 e. The van der Waals surface area contributed by atoms with Crippen molar-refractivity contribution in [2.24, 2.45) is 4.99 Å². The second-order valence-electron chi connectivity index (χ2n) is 4.66. The van der Waals surface area contributed by atoms with Gasteiger partial charge in [0, 0.05) is 12.7 Å². The lowest BCUT2D eigenvalue weighted by Crippen LogP contribution is -2.34. The molecule has 114 valence electrons. The lowest BCUT2D eigenvalue weighted by molar-refractivity contribution is -0.122. The summed E-state index contributed by atoms with van der Waals surface area (Å²) in [5.41, 5.74) is 0.747. The molecule has 2 N–H and O–H groups in total. The summed E-state index contributed by atoms with van der Waals surface area (Å²) in [6, 6.07) is 6.45. The maximum absolute atomic E-state index is 12.0. The van der Waals surface area contributed by atoms with Gasteiger partial charge in [-0.25, -0.2) is 0 Å². The average Bonchev–Trinajstić information content (AvgIpc) is 3.01. The highest BCUT2D eigenvalue weighted by atomic mass is 32.2. The van der Waals surface area contributed by atoms with Gasteiger partial charge >= 0.3 is 0 Å². The summed E-state index contributed by atoms with van der Waals surface area (Å²) < 4.78 is 0. The molecule has 2 aliphatic rings. The number of rotatable bonds is 2. The number of thioether (sulfide) groups is 2. The normalized spacial score (nSPS) is 24.4. The van der Waals surface area contributed by atoms with E-state index in [1.807, 2.05) is 0 Å². The van der Waals surface area contributed by atoms with Gasteiger partial charge in [-0.15, -0.1) is 0 Å². The number of imide groups is 1. The van der Waals surface area contributed by atoms with Crippen LogP contribution in [0.5, 0.6) is 5.75 Å². The predicted molar refractivity (Wildman–Crippen MR) is 85.2 cm³/mol. The Hall–Kier alpha value is -2.00. The Morgan fingerprint density at radius 1 is 1.14 bits per heavy atom. The Bertz CT molecular complexity index is 689. The lowest BCUT2D eigenvalue weighted by atomic mass is 10.2. The van der Waals surface area contributed by atoms with Gasteiger partial charge in [0.15, 0.2) is 5.17 Å². The maximum Gasteiger partial charge on any atom is 0.286 e. The van der Waals surface area contributed by atoms with Crippen molar-refractivity contribution in [2.45, 2.75) is 10.5 Å². The topological polar surface area (TPSA) is 99.1 Å². The molecule has 0 bridgehead atoms. The van der Waals surface area contributed by atoms with Crippen LogP contribution in [0, 0.1) is 0 Å². The molecule has 22 heavy (non-hydrogen) atoms. The standard InChI is InChI=1S/C13H11N3O4S2/c1-16(6-2-4-7(17)5-3-6)12-14-10(18)8(21-12)9-11(19)15-13(20)22-9/h2-5,8-9,17H,1H3,(H,15,19,20)/t8-,9-/m1/s1. The molecule has 2 atom stereocenters. The van der Waals surface area contributed by atoms with Gasteiger partial charge in [-0.3, -0.25) is 19.7 Å². The Morgan fingerprint density at radius 3 is 2.41 bits per heavy atom. The van der Waals surface area contributed by atoms with Crippen LogP contribution in [0.4, 0.5) is 10.5 Å². The smallest absolute Gasteiger partial charge is 0.286 e. The molecular weight excluding hydrogens is 326 g/mol. The van der Waals surface area contributed by atoms with Crippen molar-refractivity contribution in [3.8, 4) is 5.75 Å². The Kier molecular flexibility index (Phi) is 3.83. The van der Waals surface area contributed by atoms with E-state index in [1.165, 1.54) is 12.1 Å². The molecule has 1 fully saturated rings. The molecule has 1 saturated heterocycles. The van der Waals surface area contributed by atoms with E-state index in [2.05, 4.69) is 10.3 Å². The highest BCUT2D eigenvalue weighted by Gasteiger charge is 2.45. The van der Waals surface area contributed by atoms with E-state index >= 15 is 0 Å². The molecule has 2 heterocycles. The van der Waals surface area contributed by atoms with Crippen molar-refractivity contribution < 1.29 is 19.5 Å². The van der Waals surface area contributed by atoms with Crippen molar-refractivity contribution in [2.75, 3.05) is 11.9 Å². The molecule has 3 amide bonds. The highest BCUT2D eigenvalue weighted by molar-refractivity contribution is 8.19. The number of carbonyl (C=O) groups excluding carboxylic acids is 3. The minimum atomic E-state index is -0.750. The fraction of sp³-hybridized carbons (Fsp3) is 0.231. The molecule has 0 unspecified atom stereocenters. The van der Waals surface area contributed by atoms with E-state index in [0.29, 0.717) is 5.17 Å². The number of phenolic OH excluding ortho intramolecular Hbond substituents is 1. The highest BCUT2D eigenvalue weighted by Crippen LogP contribution is 2.36. The summed E-state index contributed by atoms with van der Waals surface area (Å²) in [4.78, 5) is 40.6. The second kappa shape index (κ2) is 5.65. The Labute approximate surface area is 134 Å². The summed E-state index contributed by atoms with van der Waals surface area (Å²) in [7, 11) is 1.74. The molecular formula is C13H11N3O4S2. The van der Waals surface area contributed by atoms with Crippen LogP contribution in [0.2, 0.25) is 0 Å². The Morgan fingerprint density at radius 2 is 1.82 bits per heavy atom. The van der Waals surface area contributed by atoms with Gasteiger partial charge < -0.3 is 10.0 Å². The van der Waals surface area contributed by atoms with Gasteiger partial charge in [0.25, 0.3) is 11.1 Å². The number of aromatic hydroxyl groups is 1. The summed E-state index contributed by atoms with van der Waals surface area (Å²) in [5, 5.41) is 10.0. The monoisotopic (exact) mass is 337 g/mol. The third kappa shape index (κ3) is 2.69. The van der Waals surface area contributed by atoms with Gasteiger partial charge in [-0.05, 0) is 36.0 Å². The van der Waals surface area contributed by atoms with Crippen molar-refractivity contribution in [3.63, 3.8) is 0 Å². The first-order valence-corrected chi connectivity index (χ1v) is 8.05. The summed E-state index contributed by atoms with van der Waals surface area (Å²) >= 11 is 1.98. The molecule has 2 aliphatic heterocycles. The zero-order valence-corrected chi connectivity index (χ0v) is 13.0. The number of nitrogens with one attached hydrogen (secondary N) is 1. The number of phenols is 1. The number of hydrogen-bond acceptors (Lipinski definition) is 7. The molecule has 0 aliphatic carbocycles. The Balaban J connectivity index is 1.76. The van der Waals surface area contributed by atoms with Gasteiger partial charge in [-0.2, -0.15) is 4.99 Å². The minimum absolute atomic E-state index is 0.143. The first-order chi connectivity index (χ1) is 10.5. The molecule has 0 saturated carbocycles. The van der Waals surface area contributed by atoms with Gasteiger partial charge in [0.05, 0.1) is 0 Å². The number of carbonyl (C=O) groups is 3. The van der Waals surface area contributed by atoms with Gasteiger partial charge in [0.2, 0.25) is 5.91 Å². The zero-order valence-electron chi connectivity index (χ0n) is 11.3. The van der Waals surface area contributed by atoms with Crippen LogP contribution < -0.4 is 10.2 Å². The molecule has 1 aromatic carbocycles. The lowest BCUT2D eigenvalue weighted by Gasteiger charge is -2.19. The first-order valence-electron chi connectivity index (χ1n) is 6.29. The van der Waals surface area contributed by atoms with Crippen molar-refractivity contribution in [1.29, 1.82) is 0 Å². The maximum atomic E-state index is 12.0. The molecule has 7 nitrogen and oxygen atoms in total.